The lowest BCUT2D eigenvalue weighted by molar-refractivity contribution is 0.695. The fraction of sp³-hybridized carbons (Fsp3) is 0.368. The molecule has 2 heterocycles. The molecule has 0 saturated carbocycles. The fourth-order valence-corrected chi connectivity index (χ4v) is 6.11. The summed E-state index contributed by atoms with van der Waals surface area (Å²) in [5.41, 5.74) is 2.39. The van der Waals surface area contributed by atoms with E-state index in [1.165, 1.54) is 23.3 Å². The van der Waals surface area contributed by atoms with Crippen molar-refractivity contribution in [3.05, 3.63) is 55.6 Å². The van der Waals surface area contributed by atoms with Crippen molar-refractivity contribution < 1.29 is 0 Å². The number of thioether (sulfide) groups is 1. The Bertz CT molecular complexity index is 1010. The van der Waals surface area contributed by atoms with E-state index in [1.54, 1.807) is 27.7 Å². The normalized spacial score (nSPS) is 15.3. The fourth-order valence-electron chi connectivity index (χ4n) is 3.40. The highest BCUT2D eigenvalue weighted by Crippen LogP contribution is 2.39. The Morgan fingerprint density at radius 3 is 2.84 bits per heavy atom. The monoisotopic (exact) mass is 390 g/mol. The lowest BCUT2D eigenvalue weighted by Crippen LogP contribution is -2.20. The third-order valence-corrected chi connectivity index (χ3v) is 7.49. The third kappa shape index (κ3) is 3.03. The average molecular weight is 391 g/mol. The summed E-state index contributed by atoms with van der Waals surface area (Å²) >= 11 is 9.61. The number of aryl methyl sites for hydroxylation is 2. The Hall–Kier alpha value is -1.30. The molecule has 1 atom stereocenters. The Morgan fingerprint density at radius 1 is 1.28 bits per heavy atom. The lowest BCUT2D eigenvalue weighted by atomic mass is 9.97. The molecule has 1 aliphatic carbocycles. The number of aromatic nitrogens is 2. The number of rotatable bonds is 3. The van der Waals surface area contributed by atoms with Gasteiger partial charge in [0, 0.05) is 22.2 Å². The number of halogens is 1. The Morgan fingerprint density at radius 2 is 2.04 bits per heavy atom. The summed E-state index contributed by atoms with van der Waals surface area (Å²) in [5.74, 6) is 0. The van der Waals surface area contributed by atoms with Gasteiger partial charge in [-0.1, -0.05) is 41.6 Å². The highest BCUT2D eigenvalue weighted by atomic mass is 35.5. The van der Waals surface area contributed by atoms with Gasteiger partial charge in [-0.05, 0) is 49.8 Å². The van der Waals surface area contributed by atoms with Gasteiger partial charge < -0.3 is 0 Å². The third-order valence-electron chi connectivity index (χ3n) is 4.78. The number of benzene rings is 1. The number of nitrogens with zero attached hydrogens (tertiary/aromatic N) is 2. The largest absolute Gasteiger partial charge is 0.290 e. The minimum Gasteiger partial charge on any atom is -0.290 e. The van der Waals surface area contributed by atoms with Gasteiger partial charge in [0.05, 0.1) is 5.39 Å². The maximum absolute atomic E-state index is 13.0. The topological polar surface area (TPSA) is 34.9 Å². The summed E-state index contributed by atoms with van der Waals surface area (Å²) in [6.07, 6.45) is 4.47. The van der Waals surface area contributed by atoms with Gasteiger partial charge in [0.15, 0.2) is 5.16 Å². The lowest BCUT2D eigenvalue weighted by Gasteiger charge is -2.15. The van der Waals surface area contributed by atoms with Gasteiger partial charge in [-0.3, -0.25) is 9.36 Å². The summed E-state index contributed by atoms with van der Waals surface area (Å²) in [7, 11) is 1.82. The molecule has 2 aromatic heterocycles. The molecule has 1 aliphatic rings. The van der Waals surface area contributed by atoms with Crippen molar-refractivity contribution in [1.29, 1.82) is 0 Å². The standard InChI is InChI=1S/C19H19ClN2OS2/c1-11(12-7-3-5-9-14(12)20)24-19-21-17-16(18(23)22(19)2)13-8-4-6-10-15(13)25-17/h3,5,7,9,11H,4,6,8,10H2,1-2H3/t11-/m1/s1. The first-order valence-electron chi connectivity index (χ1n) is 8.48. The van der Waals surface area contributed by atoms with E-state index < -0.39 is 0 Å². The van der Waals surface area contributed by atoms with Gasteiger partial charge in [-0.25, -0.2) is 4.98 Å². The van der Waals surface area contributed by atoms with Crippen molar-refractivity contribution in [2.75, 3.05) is 0 Å². The average Bonchev–Trinajstić information content (AvgIpc) is 2.98. The highest BCUT2D eigenvalue weighted by molar-refractivity contribution is 7.99. The van der Waals surface area contributed by atoms with E-state index in [2.05, 4.69) is 6.92 Å². The maximum Gasteiger partial charge on any atom is 0.262 e. The van der Waals surface area contributed by atoms with Crippen LogP contribution in [0.4, 0.5) is 0 Å². The van der Waals surface area contributed by atoms with E-state index in [9.17, 15) is 4.79 Å². The summed E-state index contributed by atoms with van der Waals surface area (Å²) in [5, 5.41) is 2.47. The summed E-state index contributed by atoms with van der Waals surface area (Å²) in [6.45, 7) is 2.10. The van der Waals surface area contributed by atoms with E-state index in [-0.39, 0.29) is 10.8 Å². The molecule has 0 saturated heterocycles. The smallest absolute Gasteiger partial charge is 0.262 e. The van der Waals surface area contributed by atoms with Crippen LogP contribution in [0.5, 0.6) is 0 Å². The van der Waals surface area contributed by atoms with E-state index in [0.717, 1.165) is 38.8 Å². The molecule has 6 heteroatoms. The molecule has 0 aliphatic heterocycles. The van der Waals surface area contributed by atoms with E-state index >= 15 is 0 Å². The second-order valence-corrected chi connectivity index (χ2v) is 9.23. The van der Waals surface area contributed by atoms with Gasteiger partial charge >= 0.3 is 0 Å². The number of fused-ring (bicyclic) bond motifs is 3. The van der Waals surface area contributed by atoms with Crippen LogP contribution in [0, 0.1) is 0 Å². The van der Waals surface area contributed by atoms with Gasteiger partial charge in [0.2, 0.25) is 0 Å². The molecular weight excluding hydrogens is 372 g/mol. The molecule has 0 unspecified atom stereocenters. The molecule has 130 valence electrons. The quantitative estimate of drug-likeness (QED) is 0.444. The second kappa shape index (κ2) is 6.78. The molecule has 4 rings (SSSR count). The number of hydrogen-bond acceptors (Lipinski definition) is 4. The first kappa shape index (κ1) is 17.1. The zero-order valence-electron chi connectivity index (χ0n) is 14.2. The Kier molecular flexibility index (Phi) is 4.65. The molecule has 0 bridgehead atoms. The maximum atomic E-state index is 13.0. The molecule has 1 aromatic carbocycles. The SMILES string of the molecule is C[C@@H](Sc1nc2sc3c(c2c(=O)n1C)CCCC3)c1ccccc1Cl. The van der Waals surface area contributed by atoms with Crippen molar-refractivity contribution in [2.45, 2.75) is 43.0 Å². The number of thiophene rings is 1. The van der Waals surface area contributed by atoms with Crippen molar-refractivity contribution >= 4 is 44.9 Å². The van der Waals surface area contributed by atoms with Crippen LogP contribution in [0.15, 0.2) is 34.2 Å². The molecule has 0 spiro atoms. The van der Waals surface area contributed by atoms with Crippen LogP contribution in [-0.4, -0.2) is 9.55 Å². The predicted octanol–water partition coefficient (Wildman–Crippen LogP) is 5.38. The molecule has 25 heavy (non-hydrogen) atoms. The van der Waals surface area contributed by atoms with Gasteiger partial charge in [-0.2, -0.15) is 0 Å². The minimum atomic E-state index is 0.0817. The zero-order chi connectivity index (χ0) is 17.6. The molecule has 0 fully saturated rings. The summed E-state index contributed by atoms with van der Waals surface area (Å²) in [4.78, 5) is 20.0. The Balaban J connectivity index is 1.77. The molecular formula is C19H19ClN2OS2. The van der Waals surface area contributed by atoms with Crippen LogP contribution in [-0.2, 0) is 19.9 Å². The van der Waals surface area contributed by atoms with Crippen LogP contribution < -0.4 is 5.56 Å². The molecule has 0 radical (unpaired) electrons. The van der Waals surface area contributed by atoms with Crippen molar-refractivity contribution in [3.63, 3.8) is 0 Å². The van der Waals surface area contributed by atoms with Crippen LogP contribution in [0.3, 0.4) is 0 Å². The van der Waals surface area contributed by atoms with E-state index in [0.29, 0.717) is 0 Å². The summed E-state index contributed by atoms with van der Waals surface area (Å²) < 4.78 is 1.70. The van der Waals surface area contributed by atoms with Gasteiger partial charge in [-0.15, -0.1) is 11.3 Å². The second-order valence-electron chi connectivity index (χ2n) is 6.43. The zero-order valence-corrected chi connectivity index (χ0v) is 16.6. The van der Waals surface area contributed by atoms with Crippen LogP contribution >= 0.6 is 34.7 Å². The van der Waals surface area contributed by atoms with Gasteiger partial charge in [0.25, 0.3) is 5.56 Å². The predicted molar refractivity (Wildman–Crippen MR) is 107 cm³/mol. The van der Waals surface area contributed by atoms with E-state index in [1.807, 2.05) is 31.3 Å². The molecule has 0 amide bonds. The van der Waals surface area contributed by atoms with Crippen molar-refractivity contribution in [3.8, 4) is 0 Å². The molecule has 0 N–H and O–H groups in total. The van der Waals surface area contributed by atoms with E-state index in [4.69, 9.17) is 16.6 Å². The first-order chi connectivity index (χ1) is 12.1. The van der Waals surface area contributed by atoms with Crippen LogP contribution in [0.25, 0.3) is 10.2 Å². The van der Waals surface area contributed by atoms with Crippen LogP contribution in [0.2, 0.25) is 5.02 Å². The van der Waals surface area contributed by atoms with Crippen molar-refractivity contribution in [1.82, 2.24) is 9.55 Å². The highest BCUT2D eigenvalue weighted by Gasteiger charge is 2.22. The van der Waals surface area contributed by atoms with Crippen LogP contribution in [0.1, 0.15) is 41.0 Å². The summed E-state index contributed by atoms with van der Waals surface area (Å²) in [6, 6.07) is 7.85. The minimum absolute atomic E-state index is 0.0817. The Labute approximate surface area is 160 Å². The number of hydrogen-bond donors (Lipinski definition) is 0. The van der Waals surface area contributed by atoms with Crippen molar-refractivity contribution in [2.24, 2.45) is 7.05 Å². The van der Waals surface area contributed by atoms with Gasteiger partial charge in [0.1, 0.15) is 4.83 Å². The molecule has 3 aromatic rings. The first-order valence-corrected chi connectivity index (χ1v) is 10.6. The molecule has 3 nitrogen and oxygen atoms in total.